The molecule has 7 heteroatoms. The van der Waals surface area contributed by atoms with E-state index >= 15 is 0 Å². The Morgan fingerprint density at radius 2 is 1.82 bits per heavy atom. The lowest BCUT2D eigenvalue weighted by atomic mass is 9.95. The molecule has 180 valence electrons. The van der Waals surface area contributed by atoms with Crippen LogP contribution in [-0.2, 0) is 22.5 Å². The fourth-order valence-corrected chi connectivity index (χ4v) is 3.35. The van der Waals surface area contributed by atoms with Crippen molar-refractivity contribution in [1.82, 2.24) is 4.98 Å². The lowest BCUT2D eigenvalue weighted by molar-refractivity contribution is -0.139. The molecule has 1 heterocycles. The van der Waals surface area contributed by atoms with Gasteiger partial charge in [0, 0.05) is 12.0 Å². The highest BCUT2D eigenvalue weighted by Gasteiger charge is 2.22. The zero-order valence-corrected chi connectivity index (χ0v) is 20.2. The second-order valence-corrected chi connectivity index (χ2v) is 8.65. The zero-order valence-electron chi connectivity index (χ0n) is 20.2. The highest BCUT2D eigenvalue weighted by atomic mass is 16.6. The van der Waals surface area contributed by atoms with E-state index in [1.54, 1.807) is 6.92 Å². The molecule has 3 rings (SSSR count). The standard InChI is InChI=1S/C27H32N2O5/c1-18(2)17-33-29-19(3)24(27(30)31)16-21-10-12-23(13-11-21)32-15-14-25-20(4)34-26(28-25)22-8-6-5-7-9-22/h5-13,18,24H,14-17H2,1-4H3,(H,30,31)/b29-19+. The number of rotatable bonds is 12. The third-order valence-electron chi connectivity index (χ3n) is 5.30. The van der Waals surface area contributed by atoms with Crippen molar-refractivity contribution in [2.45, 2.75) is 40.5 Å². The van der Waals surface area contributed by atoms with Gasteiger partial charge in [-0.2, -0.15) is 0 Å². The first kappa shape index (κ1) is 25.0. The summed E-state index contributed by atoms with van der Waals surface area (Å²) in [6.45, 7) is 8.53. The van der Waals surface area contributed by atoms with E-state index < -0.39 is 11.9 Å². The van der Waals surface area contributed by atoms with E-state index in [9.17, 15) is 9.90 Å². The van der Waals surface area contributed by atoms with E-state index in [1.165, 1.54) is 0 Å². The third kappa shape index (κ3) is 7.20. The van der Waals surface area contributed by atoms with Gasteiger partial charge in [-0.1, -0.05) is 49.3 Å². The van der Waals surface area contributed by atoms with Gasteiger partial charge in [-0.25, -0.2) is 4.98 Å². The molecule has 0 aliphatic heterocycles. The maximum absolute atomic E-state index is 11.7. The summed E-state index contributed by atoms with van der Waals surface area (Å²) in [5.41, 5.74) is 3.15. The Kier molecular flexibility index (Phi) is 8.85. The van der Waals surface area contributed by atoms with Crippen LogP contribution in [-0.4, -0.2) is 35.0 Å². The second-order valence-electron chi connectivity index (χ2n) is 8.65. The van der Waals surface area contributed by atoms with Gasteiger partial charge in [-0.15, -0.1) is 0 Å². The van der Waals surface area contributed by atoms with E-state index in [-0.39, 0.29) is 0 Å². The number of benzene rings is 2. The molecule has 34 heavy (non-hydrogen) atoms. The molecule has 0 radical (unpaired) electrons. The van der Waals surface area contributed by atoms with Crippen molar-refractivity contribution in [1.29, 1.82) is 0 Å². The Labute approximate surface area is 200 Å². The third-order valence-corrected chi connectivity index (χ3v) is 5.30. The van der Waals surface area contributed by atoms with Crippen LogP contribution >= 0.6 is 0 Å². The summed E-state index contributed by atoms with van der Waals surface area (Å²) in [6, 6.07) is 17.2. The molecular weight excluding hydrogens is 432 g/mol. The van der Waals surface area contributed by atoms with Gasteiger partial charge in [0.25, 0.3) is 0 Å². The average molecular weight is 465 g/mol. The van der Waals surface area contributed by atoms with Crippen LogP contribution in [0.4, 0.5) is 0 Å². The summed E-state index contributed by atoms with van der Waals surface area (Å²) >= 11 is 0. The highest BCUT2D eigenvalue weighted by Crippen LogP contribution is 2.22. The molecule has 1 atom stereocenters. The van der Waals surface area contributed by atoms with Gasteiger partial charge in [0.2, 0.25) is 5.89 Å². The quantitative estimate of drug-likeness (QED) is 0.278. The minimum absolute atomic E-state index is 0.325. The van der Waals surface area contributed by atoms with Crippen LogP contribution in [0.3, 0.4) is 0 Å². The normalized spacial score (nSPS) is 12.6. The van der Waals surface area contributed by atoms with Gasteiger partial charge in [0.1, 0.15) is 24.0 Å². The van der Waals surface area contributed by atoms with Crippen molar-refractivity contribution >= 4 is 11.7 Å². The molecular formula is C27H32N2O5. The van der Waals surface area contributed by atoms with Crippen LogP contribution in [0.2, 0.25) is 0 Å². The molecule has 0 spiro atoms. The van der Waals surface area contributed by atoms with Crippen LogP contribution < -0.4 is 4.74 Å². The molecule has 0 bridgehead atoms. The maximum atomic E-state index is 11.7. The van der Waals surface area contributed by atoms with Crippen LogP contribution in [0.1, 0.15) is 37.8 Å². The molecule has 1 aromatic heterocycles. The summed E-state index contributed by atoms with van der Waals surface area (Å²) in [6.07, 6.45) is 0.952. The number of hydrogen-bond donors (Lipinski definition) is 1. The number of oxazole rings is 1. The molecule has 0 aliphatic rings. The van der Waals surface area contributed by atoms with Gasteiger partial charge in [-0.3, -0.25) is 4.79 Å². The first-order valence-electron chi connectivity index (χ1n) is 11.5. The van der Waals surface area contributed by atoms with Crippen molar-refractivity contribution in [3.63, 3.8) is 0 Å². The lowest BCUT2D eigenvalue weighted by Crippen LogP contribution is -2.24. The Morgan fingerprint density at radius 3 is 2.47 bits per heavy atom. The Balaban J connectivity index is 1.53. The summed E-state index contributed by atoms with van der Waals surface area (Å²) < 4.78 is 11.7. The lowest BCUT2D eigenvalue weighted by Gasteiger charge is -2.13. The molecule has 0 saturated carbocycles. The van der Waals surface area contributed by atoms with Crippen molar-refractivity contribution in [3.05, 3.63) is 71.6 Å². The Hall–Kier alpha value is -3.61. The van der Waals surface area contributed by atoms with E-state index in [2.05, 4.69) is 10.1 Å². The van der Waals surface area contributed by atoms with Gasteiger partial charge < -0.3 is 19.1 Å². The molecule has 0 aliphatic carbocycles. The topological polar surface area (TPSA) is 94.2 Å². The second kappa shape index (κ2) is 12.0. The van der Waals surface area contributed by atoms with Crippen LogP contribution in [0.5, 0.6) is 5.75 Å². The van der Waals surface area contributed by atoms with E-state index in [0.717, 1.165) is 22.6 Å². The summed E-state index contributed by atoms with van der Waals surface area (Å²) in [5.74, 6) is 0.767. The largest absolute Gasteiger partial charge is 0.493 e. The minimum atomic E-state index is -0.924. The highest BCUT2D eigenvalue weighted by molar-refractivity contribution is 6.00. The molecule has 2 aromatic carbocycles. The van der Waals surface area contributed by atoms with E-state index in [0.29, 0.717) is 49.3 Å². The van der Waals surface area contributed by atoms with Gasteiger partial charge in [0.15, 0.2) is 0 Å². The van der Waals surface area contributed by atoms with Gasteiger partial charge >= 0.3 is 5.97 Å². The fraction of sp³-hybridized carbons (Fsp3) is 0.370. The SMILES string of the molecule is C/C(=N\OCC(C)C)C(Cc1ccc(OCCc2nc(-c3ccccc3)oc2C)cc1)C(=O)O. The number of aliphatic carboxylic acids is 1. The average Bonchev–Trinajstić information content (AvgIpc) is 3.19. The number of aromatic nitrogens is 1. The first-order valence-corrected chi connectivity index (χ1v) is 11.5. The number of carboxylic acids is 1. The van der Waals surface area contributed by atoms with Crippen molar-refractivity contribution in [3.8, 4) is 17.2 Å². The molecule has 1 unspecified atom stereocenters. The predicted molar refractivity (Wildman–Crippen MR) is 131 cm³/mol. The fourth-order valence-electron chi connectivity index (χ4n) is 3.35. The molecule has 1 N–H and O–H groups in total. The monoisotopic (exact) mass is 464 g/mol. The summed E-state index contributed by atoms with van der Waals surface area (Å²) in [5, 5.41) is 13.6. The number of aryl methyl sites for hydroxylation is 1. The van der Waals surface area contributed by atoms with Crippen LogP contribution in [0.15, 0.2) is 64.2 Å². The number of oxime groups is 1. The predicted octanol–water partition coefficient (Wildman–Crippen LogP) is 5.56. The number of ether oxygens (including phenoxy) is 1. The first-order chi connectivity index (χ1) is 16.3. The Morgan fingerprint density at radius 1 is 1.12 bits per heavy atom. The molecule has 0 amide bonds. The van der Waals surface area contributed by atoms with E-state index in [4.69, 9.17) is 14.0 Å². The smallest absolute Gasteiger partial charge is 0.312 e. The molecule has 7 nitrogen and oxygen atoms in total. The van der Waals surface area contributed by atoms with Gasteiger partial charge in [-0.05, 0) is 56.0 Å². The van der Waals surface area contributed by atoms with Crippen molar-refractivity contribution in [2.24, 2.45) is 17.0 Å². The Bertz CT molecular complexity index is 1090. The van der Waals surface area contributed by atoms with Crippen molar-refractivity contribution in [2.75, 3.05) is 13.2 Å². The zero-order chi connectivity index (χ0) is 24.5. The molecule has 0 fully saturated rings. The van der Waals surface area contributed by atoms with Crippen LogP contribution in [0, 0.1) is 18.8 Å². The van der Waals surface area contributed by atoms with Crippen molar-refractivity contribution < 1.29 is 23.9 Å². The van der Waals surface area contributed by atoms with E-state index in [1.807, 2.05) is 75.4 Å². The van der Waals surface area contributed by atoms with Crippen LogP contribution in [0.25, 0.3) is 11.5 Å². The summed E-state index contributed by atoms with van der Waals surface area (Å²) in [4.78, 5) is 21.6. The number of hydrogen-bond acceptors (Lipinski definition) is 6. The maximum Gasteiger partial charge on any atom is 0.312 e. The van der Waals surface area contributed by atoms with Gasteiger partial charge in [0.05, 0.1) is 18.0 Å². The summed E-state index contributed by atoms with van der Waals surface area (Å²) in [7, 11) is 0. The minimum Gasteiger partial charge on any atom is -0.493 e. The molecule has 0 saturated heterocycles. The molecule has 3 aromatic rings. The number of carbonyl (C=O) groups is 1. The number of nitrogens with zero attached hydrogens (tertiary/aromatic N) is 2. The number of carboxylic acid groups (broad SMARTS) is 1.